The number of hydrogen-bond acceptors (Lipinski definition) is 2. The van der Waals surface area contributed by atoms with Crippen molar-refractivity contribution in [1.29, 1.82) is 5.26 Å². The van der Waals surface area contributed by atoms with Gasteiger partial charge in [0.25, 0.3) is 0 Å². The minimum Gasteiger partial charge on any atom is -0.497 e. The van der Waals surface area contributed by atoms with Crippen LogP contribution in [0.1, 0.15) is 0 Å². The fraction of sp³-hybridized carbons (Fsp3) is 0.125. The number of nitriles is 1. The van der Waals surface area contributed by atoms with Crippen molar-refractivity contribution < 1.29 is 9.13 Å². The highest BCUT2D eigenvalue weighted by atomic mass is 19.1. The van der Waals surface area contributed by atoms with Gasteiger partial charge in [0.15, 0.2) is 0 Å². The lowest BCUT2D eigenvalue weighted by Gasteiger charge is -1.96. The zero-order valence-electron chi connectivity index (χ0n) is 6.22. The van der Waals surface area contributed by atoms with E-state index in [2.05, 4.69) is 17.9 Å². The molecule has 3 heteroatoms. The second kappa shape index (κ2) is 4.29. The zero-order valence-corrected chi connectivity index (χ0v) is 6.22. The fourth-order valence-electron chi connectivity index (χ4n) is 0.341. The van der Waals surface area contributed by atoms with Gasteiger partial charge in [-0.2, -0.15) is 5.26 Å². The molecule has 0 aromatic rings. The molecule has 0 aliphatic rings. The van der Waals surface area contributed by atoms with Crippen LogP contribution in [0.5, 0.6) is 0 Å². The van der Waals surface area contributed by atoms with Crippen LogP contribution in [0.2, 0.25) is 0 Å². The van der Waals surface area contributed by atoms with Crippen LogP contribution in [0.3, 0.4) is 0 Å². The highest BCUT2D eigenvalue weighted by Crippen LogP contribution is 2.10. The SMILES string of the molecule is C=C(/C=C(/F)C(=C)C#N)OC. The van der Waals surface area contributed by atoms with E-state index in [1.165, 1.54) is 7.11 Å². The van der Waals surface area contributed by atoms with E-state index < -0.39 is 5.83 Å². The smallest absolute Gasteiger partial charge is 0.144 e. The molecule has 58 valence electrons. The van der Waals surface area contributed by atoms with Gasteiger partial charge in [-0.05, 0) is 0 Å². The molecular weight excluding hydrogens is 145 g/mol. The van der Waals surface area contributed by atoms with Crippen molar-refractivity contribution in [2.75, 3.05) is 7.11 Å². The van der Waals surface area contributed by atoms with Crippen molar-refractivity contribution >= 4 is 0 Å². The van der Waals surface area contributed by atoms with E-state index in [1.54, 1.807) is 6.07 Å². The van der Waals surface area contributed by atoms with Crippen LogP contribution in [-0.2, 0) is 4.74 Å². The summed E-state index contributed by atoms with van der Waals surface area (Å²) < 4.78 is 17.2. The second-order valence-electron chi connectivity index (χ2n) is 1.75. The highest BCUT2D eigenvalue weighted by molar-refractivity contribution is 5.37. The molecule has 0 aromatic heterocycles. The maximum absolute atomic E-state index is 12.6. The molecule has 0 unspecified atom stereocenters. The number of methoxy groups -OCH3 is 1. The minimum atomic E-state index is -0.723. The molecule has 0 saturated carbocycles. The van der Waals surface area contributed by atoms with Crippen LogP contribution >= 0.6 is 0 Å². The maximum atomic E-state index is 12.6. The van der Waals surface area contributed by atoms with Gasteiger partial charge in [0.1, 0.15) is 17.7 Å². The third-order valence-corrected chi connectivity index (χ3v) is 0.973. The summed E-state index contributed by atoms with van der Waals surface area (Å²) in [5.74, 6) is -0.571. The van der Waals surface area contributed by atoms with Crippen LogP contribution in [0.4, 0.5) is 4.39 Å². The molecule has 0 heterocycles. The van der Waals surface area contributed by atoms with Crippen molar-refractivity contribution in [3.8, 4) is 6.07 Å². The molecule has 0 aliphatic heterocycles. The van der Waals surface area contributed by atoms with Crippen LogP contribution in [0.25, 0.3) is 0 Å². The predicted molar refractivity (Wildman–Crippen MR) is 40.1 cm³/mol. The molecule has 0 atom stereocenters. The Kier molecular flexibility index (Phi) is 3.68. The standard InChI is InChI=1S/C8H8FNO/c1-6(5-10)8(9)4-7(2)11-3/h4H,1-2H2,3H3/b8-4+. The number of rotatable bonds is 3. The third kappa shape index (κ3) is 3.21. The summed E-state index contributed by atoms with van der Waals surface area (Å²) in [6.07, 6.45) is 1.01. The molecule has 0 rings (SSSR count). The third-order valence-electron chi connectivity index (χ3n) is 0.973. The molecule has 0 fully saturated rings. The van der Waals surface area contributed by atoms with E-state index >= 15 is 0 Å². The first-order valence-corrected chi connectivity index (χ1v) is 2.81. The molecule has 0 aliphatic carbocycles. The van der Waals surface area contributed by atoms with Crippen molar-refractivity contribution in [1.82, 2.24) is 0 Å². The number of nitrogens with zero attached hydrogens (tertiary/aromatic N) is 1. The van der Waals surface area contributed by atoms with E-state index in [-0.39, 0.29) is 11.3 Å². The first-order valence-electron chi connectivity index (χ1n) is 2.81. The van der Waals surface area contributed by atoms with E-state index in [4.69, 9.17) is 5.26 Å². The lowest BCUT2D eigenvalue weighted by atomic mass is 10.3. The van der Waals surface area contributed by atoms with Gasteiger partial charge in [-0.15, -0.1) is 0 Å². The average Bonchev–Trinajstić information content (AvgIpc) is 2.02. The van der Waals surface area contributed by atoms with Crippen molar-refractivity contribution in [3.63, 3.8) is 0 Å². The molecule has 0 aromatic carbocycles. The van der Waals surface area contributed by atoms with Crippen LogP contribution in [0.15, 0.2) is 36.4 Å². The summed E-state index contributed by atoms with van der Waals surface area (Å²) in [4.78, 5) is 0. The molecule has 0 saturated heterocycles. The Hall–Kier alpha value is -1.56. The molecule has 2 nitrogen and oxygen atoms in total. The van der Waals surface area contributed by atoms with E-state index in [1.807, 2.05) is 0 Å². The fourth-order valence-corrected chi connectivity index (χ4v) is 0.341. The molecular formula is C8H8FNO. The summed E-state index contributed by atoms with van der Waals surface area (Å²) in [7, 11) is 1.36. The number of allylic oxidation sites excluding steroid dienone is 3. The van der Waals surface area contributed by atoms with Gasteiger partial charge in [0.05, 0.1) is 12.7 Å². The van der Waals surface area contributed by atoms with Crippen LogP contribution in [0, 0.1) is 11.3 Å². The summed E-state index contributed by atoms with van der Waals surface area (Å²) >= 11 is 0. The predicted octanol–water partition coefficient (Wildman–Crippen LogP) is 2.08. The summed E-state index contributed by atoms with van der Waals surface area (Å²) in [6, 6.07) is 1.56. The van der Waals surface area contributed by atoms with Crippen LogP contribution in [-0.4, -0.2) is 7.11 Å². The molecule has 0 bridgehead atoms. The van der Waals surface area contributed by atoms with Crippen LogP contribution < -0.4 is 0 Å². The normalized spacial score (nSPS) is 10.1. The van der Waals surface area contributed by atoms with Crippen molar-refractivity contribution in [2.45, 2.75) is 0 Å². The zero-order chi connectivity index (χ0) is 8.85. The topological polar surface area (TPSA) is 33.0 Å². The first-order chi connectivity index (χ1) is 5.11. The summed E-state index contributed by atoms with van der Waals surface area (Å²) in [6.45, 7) is 6.50. The molecule has 0 amide bonds. The van der Waals surface area contributed by atoms with Gasteiger partial charge in [-0.25, -0.2) is 4.39 Å². The Morgan fingerprint density at radius 3 is 2.55 bits per heavy atom. The van der Waals surface area contributed by atoms with Gasteiger partial charge in [0.2, 0.25) is 0 Å². The Bertz CT molecular complexity index is 247. The van der Waals surface area contributed by atoms with Gasteiger partial charge in [-0.3, -0.25) is 0 Å². The maximum Gasteiger partial charge on any atom is 0.144 e. The monoisotopic (exact) mass is 153 g/mol. The van der Waals surface area contributed by atoms with E-state index in [0.29, 0.717) is 0 Å². The molecule has 0 spiro atoms. The highest BCUT2D eigenvalue weighted by Gasteiger charge is 1.99. The minimum absolute atomic E-state index is 0.152. The Morgan fingerprint density at radius 2 is 2.18 bits per heavy atom. The Morgan fingerprint density at radius 1 is 1.64 bits per heavy atom. The number of hydrogen-bond donors (Lipinski definition) is 0. The Balaban J connectivity index is 4.37. The quantitative estimate of drug-likeness (QED) is 0.353. The Labute approximate surface area is 64.9 Å². The van der Waals surface area contributed by atoms with E-state index in [9.17, 15) is 4.39 Å². The second-order valence-corrected chi connectivity index (χ2v) is 1.75. The number of ether oxygens (including phenoxy) is 1. The number of halogens is 1. The molecule has 0 N–H and O–H groups in total. The van der Waals surface area contributed by atoms with Crippen molar-refractivity contribution in [2.24, 2.45) is 0 Å². The lowest BCUT2D eigenvalue weighted by Crippen LogP contribution is -1.82. The summed E-state index contributed by atoms with van der Waals surface area (Å²) in [5, 5.41) is 8.19. The van der Waals surface area contributed by atoms with Gasteiger partial charge in [-0.1, -0.05) is 13.2 Å². The lowest BCUT2D eigenvalue weighted by molar-refractivity contribution is 0.307. The first kappa shape index (κ1) is 9.44. The molecule has 0 radical (unpaired) electrons. The summed E-state index contributed by atoms with van der Waals surface area (Å²) in [5.41, 5.74) is -0.233. The largest absolute Gasteiger partial charge is 0.497 e. The van der Waals surface area contributed by atoms with Crippen molar-refractivity contribution in [3.05, 3.63) is 36.4 Å². The molecule has 11 heavy (non-hydrogen) atoms. The van der Waals surface area contributed by atoms with Gasteiger partial charge < -0.3 is 4.74 Å². The van der Waals surface area contributed by atoms with Gasteiger partial charge in [0, 0.05) is 6.08 Å². The van der Waals surface area contributed by atoms with Gasteiger partial charge >= 0.3 is 0 Å². The van der Waals surface area contributed by atoms with E-state index in [0.717, 1.165) is 6.08 Å². The average molecular weight is 153 g/mol.